The van der Waals surface area contributed by atoms with Gasteiger partial charge >= 0.3 is 5.97 Å². The summed E-state index contributed by atoms with van der Waals surface area (Å²) in [4.78, 5) is 40.1. The fraction of sp³-hybridized carbons (Fsp3) is 0.859. The predicted molar refractivity (Wildman–Crippen MR) is 349 cm³/mol. The summed E-state index contributed by atoms with van der Waals surface area (Å²) in [5.41, 5.74) is 0. The Kier molecular flexibility index (Phi) is 59.5. The van der Waals surface area contributed by atoms with Crippen molar-refractivity contribution < 1.29 is 37.3 Å². The molecule has 9 nitrogen and oxygen atoms in total. The van der Waals surface area contributed by atoms with Crippen LogP contribution in [0.25, 0.3) is 0 Å². The number of carbonyl (C=O) groups is 2. The van der Waals surface area contributed by atoms with Crippen LogP contribution in [0.1, 0.15) is 342 Å². The van der Waals surface area contributed by atoms with E-state index < -0.39 is 20.0 Å². The molecule has 1 amide bonds. The highest BCUT2D eigenvalue weighted by Crippen LogP contribution is 2.38. The third-order valence-electron chi connectivity index (χ3n) is 15.7. The zero-order chi connectivity index (χ0) is 59.3. The lowest BCUT2D eigenvalue weighted by Crippen LogP contribution is -2.47. The summed E-state index contributed by atoms with van der Waals surface area (Å²) in [5.74, 6) is -0.530. The maximum Gasteiger partial charge on any atom is 0.306 e. The molecule has 0 fully saturated rings. The first-order valence-electron chi connectivity index (χ1n) is 34.9. The van der Waals surface area contributed by atoms with Gasteiger partial charge in [0.2, 0.25) is 5.91 Å². The van der Waals surface area contributed by atoms with E-state index in [9.17, 15) is 19.0 Å². The first-order chi connectivity index (χ1) is 39.4. The molecule has 0 aliphatic heterocycles. The number of phosphoric ester groups is 1. The molecular weight excluding hydrogens is 1020 g/mol. The second kappa shape index (κ2) is 61.1. The first kappa shape index (κ1) is 79.0. The molecule has 1 N–H and O–H groups in total. The molecule has 0 saturated heterocycles. The Hall–Kier alpha value is -2.03. The maximum absolute atomic E-state index is 13.6. The molecule has 0 rings (SSSR count). The van der Waals surface area contributed by atoms with Crippen molar-refractivity contribution in [2.75, 3.05) is 40.9 Å². The average Bonchev–Trinajstić information content (AvgIpc) is 3.44. The molecule has 0 radical (unpaired) electrons. The van der Waals surface area contributed by atoms with E-state index >= 15 is 0 Å². The number of quaternary nitrogens is 1. The van der Waals surface area contributed by atoms with Crippen molar-refractivity contribution in [3.8, 4) is 0 Å². The second-order valence-corrected chi connectivity index (χ2v) is 26.4. The van der Waals surface area contributed by atoms with Gasteiger partial charge in [-0.15, -0.1) is 0 Å². The van der Waals surface area contributed by atoms with Gasteiger partial charge in [-0.05, 0) is 89.5 Å². The van der Waals surface area contributed by atoms with Gasteiger partial charge in [0.15, 0.2) is 0 Å². The largest absolute Gasteiger partial charge is 0.756 e. The van der Waals surface area contributed by atoms with Crippen molar-refractivity contribution in [1.82, 2.24) is 5.32 Å². The van der Waals surface area contributed by atoms with Gasteiger partial charge in [0.05, 0.1) is 33.8 Å². The molecule has 0 spiro atoms. The number of likely N-dealkylation sites (N-methyl/N-ethyl adjacent to an activating group) is 1. The molecule has 0 aromatic carbocycles. The smallest absolute Gasteiger partial charge is 0.306 e. The van der Waals surface area contributed by atoms with E-state index in [1.54, 1.807) is 0 Å². The van der Waals surface area contributed by atoms with E-state index in [1.165, 1.54) is 244 Å². The SMILES string of the molecule is CCCCC/C=C\C/C=C\CCCCCCCCCCCCCC(=O)NC(COP(=O)([O-])OCC[N+](C)(C)C)C(/C=C/CCCCCCCCCCC)OC(=O)CCCCCCCCCCCCCCC/C=C/CCCCCCCC. The van der Waals surface area contributed by atoms with Crippen LogP contribution in [0.3, 0.4) is 0 Å². The molecule has 0 heterocycles. The molecule has 0 aromatic rings. The summed E-state index contributed by atoms with van der Waals surface area (Å²) >= 11 is 0. The lowest BCUT2D eigenvalue weighted by atomic mass is 10.0. The Labute approximate surface area is 503 Å². The highest BCUT2D eigenvalue weighted by Gasteiger charge is 2.27. The number of amides is 1. The number of esters is 1. The van der Waals surface area contributed by atoms with Crippen LogP contribution in [0.5, 0.6) is 0 Å². The fourth-order valence-electron chi connectivity index (χ4n) is 10.3. The van der Waals surface area contributed by atoms with Gasteiger partial charge in [-0.25, -0.2) is 0 Å². The summed E-state index contributed by atoms with van der Waals surface area (Å²) in [6.07, 6.45) is 76.6. The van der Waals surface area contributed by atoms with Crippen molar-refractivity contribution in [2.24, 2.45) is 0 Å². The van der Waals surface area contributed by atoms with E-state index in [0.717, 1.165) is 64.2 Å². The summed E-state index contributed by atoms with van der Waals surface area (Å²) in [7, 11) is 1.19. The van der Waals surface area contributed by atoms with Gasteiger partial charge in [0.25, 0.3) is 7.82 Å². The Bertz CT molecular complexity index is 1520. The topological polar surface area (TPSA) is 114 Å². The first-order valence-corrected chi connectivity index (χ1v) is 36.4. The summed E-state index contributed by atoms with van der Waals surface area (Å²) in [6.45, 7) is 6.85. The molecule has 0 saturated carbocycles. The van der Waals surface area contributed by atoms with E-state index in [1.807, 2.05) is 33.3 Å². The minimum Gasteiger partial charge on any atom is -0.756 e. The molecule has 3 atom stereocenters. The number of unbranched alkanes of at least 4 members (excludes halogenated alkanes) is 42. The van der Waals surface area contributed by atoms with Crippen LogP contribution in [0.2, 0.25) is 0 Å². The van der Waals surface area contributed by atoms with Gasteiger partial charge in [0.1, 0.15) is 19.3 Å². The lowest BCUT2D eigenvalue weighted by molar-refractivity contribution is -0.870. The Balaban J connectivity index is 5.04. The molecular formula is C71H135N2O7P. The standard InChI is InChI=1S/C71H135N2O7P/c1-7-10-13-16-19-22-25-27-29-31-33-35-36-38-40-42-44-46-49-52-55-58-61-64-71(75)80-69(62-59-56-53-50-47-24-21-18-15-12-9-3)68(67-79-81(76,77)78-66-65-73(4,5)6)72-70(74)63-60-57-54-51-48-45-43-41-39-37-34-32-30-28-26-23-20-17-14-11-8-2/h20,23,27-30,59,62,68-69H,7-19,21-22,24-26,31-58,60-61,63-67H2,1-6H3,(H-,72,74,76,77)/b23-20-,29-27+,30-28-,62-59+. The van der Waals surface area contributed by atoms with Crippen molar-refractivity contribution in [3.05, 3.63) is 48.6 Å². The summed E-state index contributed by atoms with van der Waals surface area (Å²) < 4.78 is 30.4. The third kappa shape index (κ3) is 62.3. The zero-order valence-corrected chi connectivity index (χ0v) is 55.4. The van der Waals surface area contributed by atoms with Crippen LogP contribution in [0.15, 0.2) is 48.6 Å². The zero-order valence-electron chi connectivity index (χ0n) is 54.5. The summed E-state index contributed by atoms with van der Waals surface area (Å²) in [6, 6.07) is -0.888. The van der Waals surface area contributed by atoms with Crippen LogP contribution in [0, 0.1) is 0 Å². The van der Waals surface area contributed by atoms with Crippen molar-refractivity contribution >= 4 is 19.7 Å². The molecule has 0 aliphatic carbocycles. The van der Waals surface area contributed by atoms with Crippen LogP contribution < -0.4 is 10.2 Å². The molecule has 476 valence electrons. The number of nitrogens with zero attached hydrogens (tertiary/aromatic N) is 1. The van der Waals surface area contributed by atoms with E-state index in [4.69, 9.17) is 13.8 Å². The lowest BCUT2D eigenvalue weighted by Gasteiger charge is -2.30. The monoisotopic (exact) mass is 1160 g/mol. The normalized spacial score (nSPS) is 13.8. The van der Waals surface area contributed by atoms with Gasteiger partial charge in [0, 0.05) is 12.8 Å². The molecule has 0 aliphatic rings. The molecule has 81 heavy (non-hydrogen) atoms. The minimum atomic E-state index is -4.70. The van der Waals surface area contributed by atoms with E-state index in [2.05, 4.69) is 62.5 Å². The quantitative estimate of drug-likeness (QED) is 0.0212. The van der Waals surface area contributed by atoms with Gasteiger partial charge < -0.3 is 28.5 Å². The number of carbonyl (C=O) groups excluding carboxylic acids is 2. The van der Waals surface area contributed by atoms with Gasteiger partial charge in [-0.1, -0.05) is 288 Å². The number of allylic oxidation sites excluding steroid dienone is 7. The van der Waals surface area contributed by atoms with Crippen LogP contribution >= 0.6 is 7.82 Å². The number of ether oxygens (including phenoxy) is 1. The Morgan fingerprint density at radius 3 is 1.15 bits per heavy atom. The molecule has 0 bridgehead atoms. The number of phosphoric acid groups is 1. The van der Waals surface area contributed by atoms with E-state index in [-0.39, 0.29) is 31.5 Å². The van der Waals surface area contributed by atoms with Crippen molar-refractivity contribution in [3.63, 3.8) is 0 Å². The number of hydrogen-bond acceptors (Lipinski definition) is 7. The maximum atomic E-state index is 13.6. The van der Waals surface area contributed by atoms with Crippen molar-refractivity contribution in [1.29, 1.82) is 0 Å². The fourth-order valence-corrected chi connectivity index (χ4v) is 11.0. The third-order valence-corrected chi connectivity index (χ3v) is 16.7. The highest BCUT2D eigenvalue weighted by atomic mass is 31.2. The van der Waals surface area contributed by atoms with Gasteiger partial charge in [-0.2, -0.15) is 0 Å². The van der Waals surface area contributed by atoms with Crippen molar-refractivity contribution in [2.45, 2.75) is 354 Å². The van der Waals surface area contributed by atoms with E-state index in [0.29, 0.717) is 17.4 Å². The second-order valence-electron chi connectivity index (χ2n) is 25.0. The average molecular weight is 1160 g/mol. The molecule has 3 unspecified atom stereocenters. The van der Waals surface area contributed by atoms with Crippen LogP contribution in [-0.4, -0.2) is 69.4 Å². The molecule has 0 aromatic heterocycles. The predicted octanol–water partition coefficient (Wildman–Crippen LogP) is 21.4. The summed E-state index contributed by atoms with van der Waals surface area (Å²) in [5, 5.41) is 3.04. The molecule has 10 heteroatoms. The Morgan fingerprint density at radius 1 is 0.432 bits per heavy atom. The Morgan fingerprint density at radius 2 is 0.753 bits per heavy atom. The van der Waals surface area contributed by atoms with Crippen LogP contribution in [-0.2, 0) is 27.9 Å². The highest BCUT2D eigenvalue weighted by molar-refractivity contribution is 7.45. The minimum absolute atomic E-state index is 0.0215. The number of hydrogen-bond donors (Lipinski definition) is 1. The number of nitrogens with one attached hydrogen (secondary N) is 1. The van der Waals surface area contributed by atoms with Crippen LogP contribution in [0.4, 0.5) is 0 Å². The van der Waals surface area contributed by atoms with Gasteiger partial charge in [-0.3, -0.25) is 14.2 Å². The number of rotatable bonds is 64.